The van der Waals surface area contributed by atoms with Crippen LogP contribution in [-0.4, -0.2) is 21.7 Å². The number of nitrogens with one attached hydrogen (secondary N) is 2. The molecule has 17 heavy (non-hydrogen) atoms. The van der Waals surface area contributed by atoms with Crippen LogP contribution in [0.25, 0.3) is 0 Å². The zero-order chi connectivity index (χ0) is 12.4. The number of nitrogen functional groups attached to an aromatic ring is 1. The molecule has 0 spiro atoms. The van der Waals surface area contributed by atoms with Crippen molar-refractivity contribution >= 4 is 33.8 Å². The van der Waals surface area contributed by atoms with Crippen LogP contribution in [0, 0.1) is 0 Å². The highest BCUT2D eigenvalue weighted by atomic mass is 32.1. The molecule has 2 aromatic rings. The summed E-state index contributed by atoms with van der Waals surface area (Å²) >= 11 is 1.20. The molecular formula is C10H10N4O2S. The average Bonchev–Trinajstić information content (AvgIpc) is 2.86. The molecule has 0 bridgehead atoms. The summed E-state index contributed by atoms with van der Waals surface area (Å²) in [6, 6.07) is 1.52. The number of ketones is 1. The van der Waals surface area contributed by atoms with Gasteiger partial charge in [0.1, 0.15) is 11.4 Å². The van der Waals surface area contributed by atoms with Gasteiger partial charge in [0.15, 0.2) is 10.9 Å². The first-order valence-electron chi connectivity index (χ1n) is 4.78. The summed E-state index contributed by atoms with van der Waals surface area (Å²) in [5.41, 5.74) is 6.66. The third kappa shape index (κ3) is 2.51. The number of nitrogens with two attached hydrogens (primary N) is 1. The maximum absolute atomic E-state index is 11.7. The van der Waals surface area contributed by atoms with Gasteiger partial charge in [-0.3, -0.25) is 14.9 Å². The van der Waals surface area contributed by atoms with Gasteiger partial charge >= 0.3 is 0 Å². The van der Waals surface area contributed by atoms with Gasteiger partial charge in [0, 0.05) is 24.2 Å². The van der Waals surface area contributed by atoms with Gasteiger partial charge in [-0.25, -0.2) is 4.98 Å². The molecule has 0 radical (unpaired) electrons. The first kappa shape index (κ1) is 11.3. The van der Waals surface area contributed by atoms with Gasteiger partial charge in [-0.15, -0.1) is 11.3 Å². The van der Waals surface area contributed by atoms with Crippen molar-refractivity contribution in [1.29, 1.82) is 0 Å². The van der Waals surface area contributed by atoms with Crippen molar-refractivity contribution in [3.63, 3.8) is 0 Å². The number of nitrogens with zero attached hydrogens (tertiary/aromatic N) is 1. The van der Waals surface area contributed by atoms with E-state index in [0.717, 1.165) is 0 Å². The highest BCUT2D eigenvalue weighted by Gasteiger charge is 2.11. The summed E-state index contributed by atoms with van der Waals surface area (Å²) in [7, 11) is 0. The molecule has 0 aliphatic heterocycles. The molecule has 2 rings (SSSR count). The molecule has 4 N–H and O–H groups in total. The third-order valence-electron chi connectivity index (χ3n) is 2.04. The second-order valence-corrected chi connectivity index (χ2v) is 4.25. The van der Waals surface area contributed by atoms with Crippen LogP contribution >= 0.6 is 11.3 Å². The fourth-order valence-electron chi connectivity index (χ4n) is 1.20. The van der Waals surface area contributed by atoms with E-state index in [0.29, 0.717) is 22.2 Å². The number of carbonyl (C=O) groups is 2. The monoisotopic (exact) mass is 250 g/mol. The van der Waals surface area contributed by atoms with Gasteiger partial charge in [-0.1, -0.05) is 0 Å². The quantitative estimate of drug-likeness (QED) is 0.718. The van der Waals surface area contributed by atoms with Crippen LogP contribution in [0.1, 0.15) is 27.9 Å². The highest BCUT2D eigenvalue weighted by Crippen LogP contribution is 2.17. The number of rotatable bonds is 3. The van der Waals surface area contributed by atoms with Gasteiger partial charge in [-0.05, 0) is 6.07 Å². The second kappa shape index (κ2) is 4.38. The van der Waals surface area contributed by atoms with E-state index in [-0.39, 0.29) is 11.7 Å². The van der Waals surface area contributed by atoms with E-state index >= 15 is 0 Å². The van der Waals surface area contributed by atoms with Gasteiger partial charge in [-0.2, -0.15) is 0 Å². The van der Waals surface area contributed by atoms with Gasteiger partial charge < -0.3 is 10.7 Å². The molecule has 6 nitrogen and oxygen atoms in total. The zero-order valence-electron chi connectivity index (χ0n) is 8.98. The SMILES string of the molecule is CC(=O)c1csc(NC(=O)c2cc(N)c[nH]2)n1. The maximum atomic E-state index is 11.7. The number of hydrogen-bond acceptors (Lipinski definition) is 5. The molecule has 0 saturated heterocycles. The van der Waals surface area contributed by atoms with Crippen molar-refractivity contribution in [3.05, 3.63) is 29.0 Å². The summed E-state index contributed by atoms with van der Waals surface area (Å²) in [5, 5.41) is 4.56. The Morgan fingerprint density at radius 2 is 2.29 bits per heavy atom. The van der Waals surface area contributed by atoms with Gasteiger partial charge in [0.05, 0.1) is 0 Å². The third-order valence-corrected chi connectivity index (χ3v) is 2.79. The van der Waals surface area contributed by atoms with Crippen LogP contribution < -0.4 is 11.1 Å². The molecule has 0 saturated carbocycles. The number of amides is 1. The fraction of sp³-hybridized carbons (Fsp3) is 0.100. The van der Waals surface area contributed by atoms with Crippen LogP contribution in [0.15, 0.2) is 17.6 Å². The molecular weight excluding hydrogens is 240 g/mol. The van der Waals surface area contributed by atoms with Crippen molar-refractivity contribution in [3.8, 4) is 0 Å². The first-order chi connectivity index (χ1) is 8.06. The zero-order valence-corrected chi connectivity index (χ0v) is 9.80. The average molecular weight is 250 g/mol. The number of H-pyrrole nitrogens is 1. The van der Waals surface area contributed by atoms with Crippen LogP contribution in [-0.2, 0) is 0 Å². The van der Waals surface area contributed by atoms with E-state index in [4.69, 9.17) is 5.73 Å². The minimum absolute atomic E-state index is 0.133. The summed E-state index contributed by atoms with van der Waals surface area (Å²) in [6.07, 6.45) is 1.53. The molecule has 1 amide bonds. The Morgan fingerprint density at radius 1 is 1.53 bits per heavy atom. The van der Waals surface area contributed by atoms with Crippen molar-refractivity contribution < 1.29 is 9.59 Å². The predicted octanol–water partition coefficient (Wildman–Crippen LogP) is 1.51. The molecule has 2 heterocycles. The molecule has 7 heteroatoms. The number of aromatic amines is 1. The molecule has 2 aromatic heterocycles. The van der Waals surface area contributed by atoms with Crippen LogP contribution in [0.4, 0.5) is 10.8 Å². The van der Waals surface area contributed by atoms with Gasteiger partial charge in [0.2, 0.25) is 0 Å². The van der Waals surface area contributed by atoms with Gasteiger partial charge in [0.25, 0.3) is 5.91 Å². The Bertz CT molecular complexity index is 572. The minimum atomic E-state index is -0.342. The lowest BCUT2D eigenvalue weighted by Gasteiger charge is -1.97. The number of Topliss-reactive ketones (excluding diaryl/α,β-unsaturated/α-hetero) is 1. The van der Waals surface area contributed by atoms with Crippen molar-refractivity contribution in [2.75, 3.05) is 11.1 Å². The normalized spacial score (nSPS) is 10.2. The van der Waals surface area contributed by atoms with E-state index in [1.165, 1.54) is 30.5 Å². The lowest BCUT2D eigenvalue weighted by Crippen LogP contribution is -2.12. The number of anilines is 2. The number of thiazole rings is 1. The van der Waals surface area contributed by atoms with Crippen molar-refractivity contribution in [1.82, 2.24) is 9.97 Å². The maximum Gasteiger partial charge on any atom is 0.273 e. The predicted molar refractivity (Wildman–Crippen MR) is 65.3 cm³/mol. The summed E-state index contributed by atoms with van der Waals surface area (Å²) in [4.78, 5) is 29.4. The Hall–Kier alpha value is -2.15. The number of hydrogen-bond donors (Lipinski definition) is 3. The molecule has 88 valence electrons. The Morgan fingerprint density at radius 3 is 2.82 bits per heavy atom. The van der Waals surface area contributed by atoms with E-state index in [2.05, 4.69) is 15.3 Å². The molecule has 0 aliphatic carbocycles. The molecule has 0 unspecified atom stereocenters. The molecule has 0 fully saturated rings. The first-order valence-corrected chi connectivity index (χ1v) is 5.66. The van der Waals surface area contributed by atoms with Crippen molar-refractivity contribution in [2.45, 2.75) is 6.92 Å². The summed E-state index contributed by atoms with van der Waals surface area (Å²) < 4.78 is 0. The Balaban J connectivity index is 2.10. The number of aromatic nitrogens is 2. The van der Waals surface area contributed by atoms with Crippen molar-refractivity contribution in [2.24, 2.45) is 0 Å². The second-order valence-electron chi connectivity index (χ2n) is 3.39. The lowest BCUT2D eigenvalue weighted by atomic mass is 10.4. The molecule has 0 aliphatic rings. The molecule has 0 aromatic carbocycles. The van der Waals surface area contributed by atoms with E-state index in [1.807, 2.05) is 0 Å². The topological polar surface area (TPSA) is 101 Å². The van der Waals surface area contributed by atoms with E-state index < -0.39 is 0 Å². The summed E-state index contributed by atoms with van der Waals surface area (Å²) in [6.45, 7) is 1.42. The van der Waals surface area contributed by atoms with Crippen LogP contribution in [0.3, 0.4) is 0 Å². The van der Waals surface area contributed by atoms with Crippen LogP contribution in [0.2, 0.25) is 0 Å². The Kier molecular flexibility index (Phi) is 2.92. The number of carbonyl (C=O) groups excluding carboxylic acids is 2. The standard InChI is InChI=1S/C10H10N4O2S/c1-5(15)8-4-17-10(13-8)14-9(16)7-2-6(11)3-12-7/h2-4,12H,11H2,1H3,(H,13,14,16). The Labute approximate surface area is 101 Å². The van der Waals surface area contributed by atoms with E-state index in [1.54, 1.807) is 5.38 Å². The van der Waals surface area contributed by atoms with Crippen LogP contribution in [0.5, 0.6) is 0 Å². The summed E-state index contributed by atoms with van der Waals surface area (Å²) in [5.74, 6) is -0.475. The largest absolute Gasteiger partial charge is 0.397 e. The molecule has 0 atom stereocenters. The van der Waals surface area contributed by atoms with E-state index in [9.17, 15) is 9.59 Å². The fourth-order valence-corrected chi connectivity index (χ4v) is 1.94. The highest BCUT2D eigenvalue weighted by molar-refractivity contribution is 7.14. The lowest BCUT2D eigenvalue weighted by molar-refractivity contribution is 0.100. The minimum Gasteiger partial charge on any atom is -0.397 e. The smallest absolute Gasteiger partial charge is 0.273 e.